The van der Waals surface area contributed by atoms with Crippen LogP contribution >= 0.6 is 11.3 Å². The van der Waals surface area contributed by atoms with Gasteiger partial charge < -0.3 is 20.7 Å². The van der Waals surface area contributed by atoms with Crippen LogP contribution in [0.5, 0.6) is 0 Å². The molecule has 6 nitrogen and oxygen atoms in total. The van der Waals surface area contributed by atoms with Crippen LogP contribution in [0.3, 0.4) is 0 Å². The summed E-state index contributed by atoms with van der Waals surface area (Å²) in [6, 6.07) is 0. The van der Waals surface area contributed by atoms with E-state index in [0.717, 1.165) is 37.1 Å². The summed E-state index contributed by atoms with van der Waals surface area (Å²) in [6.45, 7) is 3.73. The van der Waals surface area contributed by atoms with Gasteiger partial charge in [0.15, 0.2) is 5.13 Å². The third-order valence-electron chi connectivity index (χ3n) is 4.19. The van der Waals surface area contributed by atoms with Gasteiger partial charge in [0.1, 0.15) is 10.7 Å². The number of carbonyl (C=O) groups is 1. The monoisotopic (exact) mass is 310 g/mol. The van der Waals surface area contributed by atoms with Gasteiger partial charge in [0.25, 0.3) is 5.91 Å². The minimum atomic E-state index is -0.0937. The minimum absolute atomic E-state index is 0.0937. The minimum Gasteiger partial charge on any atom is -0.382 e. The van der Waals surface area contributed by atoms with Crippen molar-refractivity contribution in [2.75, 3.05) is 43.5 Å². The lowest BCUT2D eigenvalue weighted by molar-refractivity contribution is 0.0953. The summed E-state index contributed by atoms with van der Waals surface area (Å²) in [7, 11) is 0. The van der Waals surface area contributed by atoms with E-state index in [1.807, 2.05) is 0 Å². The maximum absolute atomic E-state index is 12.2. The van der Waals surface area contributed by atoms with Crippen molar-refractivity contribution in [3.05, 3.63) is 4.88 Å². The topological polar surface area (TPSA) is 80.5 Å². The smallest absolute Gasteiger partial charge is 0.265 e. The predicted octanol–water partition coefficient (Wildman–Crippen LogP) is 1.48. The van der Waals surface area contributed by atoms with Crippen LogP contribution in [0.25, 0.3) is 0 Å². The van der Waals surface area contributed by atoms with Crippen molar-refractivity contribution in [1.82, 2.24) is 10.3 Å². The molecule has 3 N–H and O–H groups in total. The molecule has 1 aromatic heterocycles. The van der Waals surface area contributed by atoms with Crippen LogP contribution in [0.15, 0.2) is 0 Å². The summed E-state index contributed by atoms with van der Waals surface area (Å²) in [5.74, 6) is 1.04. The van der Waals surface area contributed by atoms with Crippen LogP contribution < -0.4 is 16.0 Å². The predicted molar refractivity (Wildman–Crippen MR) is 83.8 cm³/mol. The van der Waals surface area contributed by atoms with E-state index in [1.165, 1.54) is 30.6 Å². The zero-order valence-corrected chi connectivity index (χ0v) is 13.0. The van der Waals surface area contributed by atoms with Crippen molar-refractivity contribution >= 4 is 28.2 Å². The Morgan fingerprint density at radius 1 is 1.43 bits per heavy atom. The Balaban J connectivity index is 1.55. The molecule has 0 atom stereocenters. The van der Waals surface area contributed by atoms with E-state index < -0.39 is 0 Å². The standard InChI is InChI=1S/C14H22N4O2S/c15-12-11(13(19)16-5-4-10-2-1-3-10)21-14(17-12)18-6-8-20-9-7-18/h10H,1-9,15H2,(H,16,19). The number of nitrogens with zero attached hydrogens (tertiary/aromatic N) is 2. The number of carbonyl (C=O) groups excluding carboxylic acids is 1. The maximum atomic E-state index is 12.2. The van der Waals surface area contributed by atoms with Crippen LogP contribution in [-0.2, 0) is 4.74 Å². The van der Waals surface area contributed by atoms with Crippen molar-refractivity contribution in [3.63, 3.8) is 0 Å². The van der Waals surface area contributed by atoms with Gasteiger partial charge in [-0.15, -0.1) is 0 Å². The molecule has 2 fully saturated rings. The number of morpholine rings is 1. The van der Waals surface area contributed by atoms with Crippen LogP contribution in [0.2, 0.25) is 0 Å². The van der Waals surface area contributed by atoms with Crippen molar-refractivity contribution in [2.24, 2.45) is 5.92 Å². The number of nitrogens with one attached hydrogen (secondary N) is 1. The van der Waals surface area contributed by atoms with Gasteiger partial charge in [-0.2, -0.15) is 0 Å². The Labute approximate surface area is 128 Å². The number of hydrogen-bond donors (Lipinski definition) is 2. The molecule has 2 heterocycles. The van der Waals surface area contributed by atoms with E-state index in [9.17, 15) is 4.79 Å². The third kappa shape index (κ3) is 3.47. The number of hydrogen-bond acceptors (Lipinski definition) is 6. The molecule has 1 aliphatic carbocycles. The zero-order valence-electron chi connectivity index (χ0n) is 12.1. The molecule has 116 valence electrons. The first-order valence-electron chi connectivity index (χ1n) is 7.61. The molecular formula is C14H22N4O2S. The lowest BCUT2D eigenvalue weighted by atomic mass is 9.83. The average molecular weight is 310 g/mol. The summed E-state index contributed by atoms with van der Waals surface area (Å²) in [6.07, 6.45) is 5.02. The van der Waals surface area contributed by atoms with Crippen molar-refractivity contribution in [3.8, 4) is 0 Å². The van der Waals surface area contributed by atoms with Gasteiger partial charge >= 0.3 is 0 Å². The van der Waals surface area contributed by atoms with Gasteiger partial charge in [-0.3, -0.25) is 4.79 Å². The molecule has 3 rings (SSSR count). The number of anilines is 2. The molecule has 0 aromatic carbocycles. The lowest BCUT2D eigenvalue weighted by Crippen LogP contribution is -2.36. The number of ether oxygens (including phenoxy) is 1. The van der Waals surface area contributed by atoms with Gasteiger partial charge in [0.2, 0.25) is 0 Å². The Morgan fingerprint density at radius 3 is 2.86 bits per heavy atom. The van der Waals surface area contributed by atoms with Crippen molar-refractivity contribution in [1.29, 1.82) is 0 Å². The van der Waals surface area contributed by atoms with Gasteiger partial charge in [0.05, 0.1) is 13.2 Å². The molecule has 1 aliphatic heterocycles. The molecule has 0 radical (unpaired) electrons. The Hall–Kier alpha value is -1.34. The molecule has 1 aromatic rings. The fraction of sp³-hybridized carbons (Fsp3) is 0.714. The summed E-state index contributed by atoms with van der Waals surface area (Å²) in [4.78, 5) is 19.2. The zero-order chi connectivity index (χ0) is 14.7. The third-order valence-corrected chi connectivity index (χ3v) is 5.32. The Kier molecular flexibility index (Phi) is 4.60. The van der Waals surface area contributed by atoms with Gasteiger partial charge in [0, 0.05) is 19.6 Å². The van der Waals surface area contributed by atoms with Gasteiger partial charge in [-0.1, -0.05) is 30.6 Å². The van der Waals surface area contributed by atoms with Crippen LogP contribution in [-0.4, -0.2) is 43.7 Å². The van der Waals surface area contributed by atoms with Crippen LogP contribution in [0, 0.1) is 5.92 Å². The lowest BCUT2D eigenvalue weighted by Gasteiger charge is -2.25. The van der Waals surface area contributed by atoms with Crippen LogP contribution in [0.1, 0.15) is 35.4 Å². The molecule has 1 saturated carbocycles. The highest BCUT2D eigenvalue weighted by Crippen LogP contribution is 2.30. The number of aromatic nitrogens is 1. The first kappa shape index (κ1) is 14.6. The fourth-order valence-electron chi connectivity index (χ4n) is 2.62. The van der Waals surface area contributed by atoms with E-state index >= 15 is 0 Å². The molecule has 1 amide bonds. The quantitative estimate of drug-likeness (QED) is 0.861. The van der Waals surface area contributed by atoms with E-state index in [0.29, 0.717) is 23.9 Å². The summed E-state index contributed by atoms with van der Waals surface area (Å²) in [5, 5.41) is 3.78. The summed E-state index contributed by atoms with van der Waals surface area (Å²) in [5.41, 5.74) is 5.90. The average Bonchev–Trinajstić information content (AvgIpc) is 2.84. The molecule has 0 bridgehead atoms. The molecule has 0 spiro atoms. The highest BCUT2D eigenvalue weighted by molar-refractivity contribution is 7.18. The van der Waals surface area contributed by atoms with Gasteiger partial charge in [-0.05, 0) is 12.3 Å². The molecular weight excluding hydrogens is 288 g/mol. The van der Waals surface area contributed by atoms with E-state index in [1.54, 1.807) is 0 Å². The molecule has 0 unspecified atom stereocenters. The van der Waals surface area contributed by atoms with E-state index in [-0.39, 0.29) is 5.91 Å². The number of amides is 1. The first-order valence-corrected chi connectivity index (χ1v) is 8.43. The second-order valence-electron chi connectivity index (χ2n) is 5.65. The van der Waals surface area contributed by atoms with Crippen LogP contribution in [0.4, 0.5) is 10.9 Å². The molecule has 1 saturated heterocycles. The Bertz CT molecular complexity index is 495. The van der Waals surface area contributed by atoms with Crippen molar-refractivity contribution in [2.45, 2.75) is 25.7 Å². The normalized spacial score (nSPS) is 19.3. The molecule has 21 heavy (non-hydrogen) atoms. The molecule has 7 heteroatoms. The number of thiazole rings is 1. The Morgan fingerprint density at radius 2 is 2.19 bits per heavy atom. The second-order valence-corrected chi connectivity index (χ2v) is 6.63. The number of nitrogens with two attached hydrogens (primary N) is 1. The highest BCUT2D eigenvalue weighted by Gasteiger charge is 2.22. The van der Waals surface area contributed by atoms with E-state index in [4.69, 9.17) is 10.5 Å². The summed E-state index contributed by atoms with van der Waals surface area (Å²) < 4.78 is 5.32. The van der Waals surface area contributed by atoms with Gasteiger partial charge in [-0.25, -0.2) is 4.98 Å². The number of rotatable bonds is 5. The highest BCUT2D eigenvalue weighted by atomic mass is 32.1. The SMILES string of the molecule is Nc1nc(N2CCOCC2)sc1C(=O)NCCC1CCC1. The van der Waals surface area contributed by atoms with E-state index in [2.05, 4.69) is 15.2 Å². The maximum Gasteiger partial charge on any atom is 0.265 e. The van der Waals surface area contributed by atoms with Crippen molar-refractivity contribution < 1.29 is 9.53 Å². The fourth-order valence-corrected chi connectivity index (χ4v) is 3.58. The largest absolute Gasteiger partial charge is 0.382 e. The first-order chi connectivity index (χ1) is 10.2. The summed E-state index contributed by atoms with van der Waals surface area (Å²) >= 11 is 1.37. The second kappa shape index (κ2) is 6.62. The molecule has 2 aliphatic rings. The number of nitrogen functional groups attached to an aromatic ring is 1.